The summed E-state index contributed by atoms with van der Waals surface area (Å²) in [4.78, 5) is 12.0. The van der Waals surface area contributed by atoms with Crippen molar-refractivity contribution in [3.8, 4) is 0 Å². The zero-order chi connectivity index (χ0) is 15.5. The van der Waals surface area contributed by atoms with Crippen molar-refractivity contribution in [1.82, 2.24) is 0 Å². The molecule has 0 aliphatic heterocycles. The van der Waals surface area contributed by atoms with E-state index in [4.69, 9.17) is 4.43 Å². The molecule has 0 heterocycles. The first-order chi connectivity index (χ1) is 8.87. The predicted molar refractivity (Wildman–Crippen MR) is 86.3 cm³/mol. The Balaban J connectivity index is 2.37. The lowest BCUT2D eigenvalue weighted by Gasteiger charge is -2.42. The molecule has 2 nitrogen and oxygen atoms in total. The molecule has 20 heavy (non-hydrogen) atoms. The molecule has 0 N–H and O–H groups in total. The number of fused-ring (bicyclic) bond motifs is 1. The zero-order valence-corrected chi connectivity index (χ0v) is 15.4. The first-order valence-electron chi connectivity index (χ1n) is 7.78. The van der Waals surface area contributed by atoms with Gasteiger partial charge in [0.25, 0.3) is 0 Å². The molecule has 0 aromatic rings. The van der Waals surface area contributed by atoms with Crippen molar-refractivity contribution in [2.45, 2.75) is 78.6 Å². The first kappa shape index (κ1) is 16.0. The van der Waals surface area contributed by atoms with Crippen LogP contribution in [0, 0.1) is 11.3 Å². The molecule has 0 unspecified atom stereocenters. The fourth-order valence-electron chi connectivity index (χ4n) is 3.40. The molecule has 1 fully saturated rings. The van der Waals surface area contributed by atoms with Crippen LogP contribution in [0.25, 0.3) is 0 Å². The minimum Gasteiger partial charge on any atom is -0.410 e. The summed E-state index contributed by atoms with van der Waals surface area (Å²) in [6.07, 6.45) is 1.94. The largest absolute Gasteiger partial charge is 0.410 e. The molecular formula is C17H30O2Si. The predicted octanol–water partition coefficient (Wildman–Crippen LogP) is 4.71. The van der Waals surface area contributed by atoms with E-state index in [1.54, 1.807) is 0 Å². The van der Waals surface area contributed by atoms with Crippen molar-refractivity contribution in [1.29, 1.82) is 0 Å². The van der Waals surface area contributed by atoms with Crippen LogP contribution >= 0.6 is 0 Å². The van der Waals surface area contributed by atoms with Gasteiger partial charge in [0.15, 0.2) is 14.1 Å². The Morgan fingerprint density at radius 3 is 2.30 bits per heavy atom. The number of carbonyl (C=O) groups excluding carboxylic acids is 1. The van der Waals surface area contributed by atoms with Crippen molar-refractivity contribution in [2.75, 3.05) is 0 Å². The van der Waals surface area contributed by atoms with Crippen LogP contribution in [0.2, 0.25) is 18.1 Å². The molecule has 114 valence electrons. The minimum atomic E-state index is -1.82. The highest BCUT2D eigenvalue weighted by molar-refractivity contribution is 6.74. The lowest BCUT2D eigenvalue weighted by atomic mass is 9.86. The van der Waals surface area contributed by atoms with Crippen LogP contribution < -0.4 is 0 Å². The second-order valence-electron chi connectivity index (χ2n) is 8.86. The number of rotatable bonds is 2. The van der Waals surface area contributed by atoms with E-state index in [1.807, 2.05) is 6.92 Å². The van der Waals surface area contributed by atoms with E-state index >= 15 is 0 Å². The number of hydrogen-bond acceptors (Lipinski definition) is 2. The van der Waals surface area contributed by atoms with Crippen LogP contribution in [-0.2, 0) is 9.22 Å². The SMILES string of the molecule is CC1=C2[C@@H](CC1=O)CC(C)(C)[C@@H]2O[Si](C)(C)C(C)(C)C. The Morgan fingerprint density at radius 1 is 1.25 bits per heavy atom. The van der Waals surface area contributed by atoms with Crippen LogP contribution in [0.3, 0.4) is 0 Å². The second-order valence-corrected chi connectivity index (χ2v) is 13.6. The molecule has 0 aromatic heterocycles. The molecule has 0 saturated heterocycles. The summed E-state index contributed by atoms with van der Waals surface area (Å²) in [5, 5.41) is 0.207. The minimum absolute atomic E-state index is 0.139. The molecule has 0 aromatic carbocycles. The highest BCUT2D eigenvalue weighted by Crippen LogP contribution is 2.54. The number of carbonyl (C=O) groups is 1. The molecule has 2 rings (SSSR count). The molecule has 0 spiro atoms. The maximum absolute atomic E-state index is 12.0. The van der Waals surface area contributed by atoms with Crippen LogP contribution in [-0.4, -0.2) is 20.2 Å². The summed E-state index contributed by atoms with van der Waals surface area (Å²) in [5.41, 5.74) is 2.46. The maximum atomic E-state index is 12.0. The molecule has 0 bridgehead atoms. The van der Waals surface area contributed by atoms with Gasteiger partial charge >= 0.3 is 0 Å². The molecular weight excluding hydrogens is 264 g/mol. The summed E-state index contributed by atoms with van der Waals surface area (Å²) < 4.78 is 6.74. The third-order valence-electron chi connectivity index (χ3n) is 5.71. The van der Waals surface area contributed by atoms with Gasteiger partial charge in [0.2, 0.25) is 0 Å². The van der Waals surface area contributed by atoms with Gasteiger partial charge in [-0.25, -0.2) is 0 Å². The van der Waals surface area contributed by atoms with E-state index in [2.05, 4.69) is 47.7 Å². The van der Waals surface area contributed by atoms with Gasteiger partial charge in [-0.15, -0.1) is 0 Å². The number of Topliss-reactive ketones (excluding diaryl/α,β-unsaturated/α-hetero) is 1. The molecule has 3 heteroatoms. The third-order valence-corrected chi connectivity index (χ3v) is 10.1. The van der Waals surface area contributed by atoms with Crippen molar-refractivity contribution >= 4 is 14.1 Å². The Hall–Kier alpha value is -0.413. The van der Waals surface area contributed by atoms with Crippen LogP contribution in [0.4, 0.5) is 0 Å². The summed E-state index contributed by atoms with van der Waals surface area (Å²) in [7, 11) is -1.82. The van der Waals surface area contributed by atoms with E-state index < -0.39 is 8.32 Å². The monoisotopic (exact) mass is 294 g/mol. The standard InChI is InChI=1S/C17H30O2Si/c1-11-13(18)9-12-10-17(5,6)15(14(11)12)19-20(7,8)16(2,3)4/h12,15H,9-10H2,1-8H3/t12-,15+/m0/s1. The topological polar surface area (TPSA) is 26.3 Å². The second kappa shape index (κ2) is 4.54. The summed E-state index contributed by atoms with van der Waals surface area (Å²) >= 11 is 0. The van der Waals surface area contributed by atoms with Gasteiger partial charge in [0.1, 0.15) is 0 Å². The molecule has 2 aliphatic rings. The van der Waals surface area contributed by atoms with Gasteiger partial charge in [-0.3, -0.25) is 4.79 Å². The van der Waals surface area contributed by atoms with Crippen LogP contribution in [0.1, 0.15) is 54.4 Å². The first-order valence-corrected chi connectivity index (χ1v) is 10.7. The van der Waals surface area contributed by atoms with Crippen molar-refractivity contribution < 1.29 is 9.22 Å². The highest BCUT2D eigenvalue weighted by atomic mass is 28.4. The Bertz CT molecular complexity index is 466. The lowest BCUT2D eigenvalue weighted by molar-refractivity contribution is -0.115. The van der Waals surface area contributed by atoms with Crippen LogP contribution in [0.5, 0.6) is 0 Å². The van der Waals surface area contributed by atoms with Crippen LogP contribution in [0.15, 0.2) is 11.1 Å². The zero-order valence-electron chi connectivity index (χ0n) is 14.4. The highest BCUT2D eigenvalue weighted by Gasteiger charge is 2.52. The van der Waals surface area contributed by atoms with E-state index in [0.29, 0.717) is 18.1 Å². The van der Waals surface area contributed by atoms with Gasteiger partial charge in [-0.05, 0) is 54.0 Å². The van der Waals surface area contributed by atoms with Crippen molar-refractivity contribution in [2.24, 2.45) is 11.3 Å². The van der Waals surface area contributed by atoms with Gasteiger partial charge in [0, 0.05) is 6.42 Å². The Kier molecular flexibility index (Phi) is 3.62. The third kappa shape index (κ3) is 2.43. The van der Waals surface area contributed by atoms with Gasteiger partial charge in [0.05, 0.1) is 6.10 Å². The summed E-state index contributed by atoms with van der Waals surface area (Å²) in [6.45, 7) is 18.0. The van der Waals surface area contributed by atoms with E-state index in [9.17, 15) is 4.79 Å². The summed E-state index contributed by atoms with van der Waals surface area (Å²) in [6, 6.07) is 0. The summed E-state index contributed by atoms with van der Waals surface area (Å²) in [5.74, 6) is 0.775. The molecule has 2 atom stereocenters. The lowest BCUT2D eigenvalue weighted by Crippen LogP contribution is -2.47. The number of hydrogen-bond donors (Lipinski definition) is 0. The van der Waals surface area contributed by atoms with Gasteiger partial charge < -0.3 is 4.43 Å². The van der Waals surface area contributed by atoms with Crippen molar-refractivity contribution in [3.05, 3.63) is 11.1 Å². The quantitative estimate of drug-likeness (QED) is 0.689. The molecule has 0 amide bonds. The average molecular weight is 295 g/mol. The van der Waals surface area contributed by atoms with E-state index in [1.165, 1.54) is 5.57 Å². The average Bonchev–Trinajstić information content (AvgIpc) is 2.61. The maximum Gasteiger partial charge on any atom is 0.192 e. The number of ketones is 1. The molecule has 2 aliphatic carbocycles. The van der Waals surface area contributed by atoms with Gasteiger partial charge in [-0.2, -0.15) is 0 Å². The Labute approximate surface area is 125 Å². The molecule has 0 radical (unpaired) electrons. The fraction of sp³-hybridized carbons (Fsp3) is 0.824. The fourth-order valence-corrected chi connectivity index (χ4v) is 4.79. The number of allylic oxidation sites excluding steroid dienone is 1. The van der Waals surface area contributed by atoms with Gasteiger partial charge in [-0.1, -0.05) is 34.6 Å². The Morgan fingerprint density at radius 2 is 1.80 bits per heavy atom. The normalized spacial score (nSPS) is 30.1. The van der Waals surface area contributed by atoms with E-state index in [0.717, 1.165) is 12.0 Å². The van der Waals surface area contributed by atoms with E-state index in [-0.39, 0.29) is 16.6 Å². The smallest absolute Gasteiger partial charge is 0.192 e. The molecule has 1 saturated carbocycles. The van der Waals surface area contributed by atoms with Crippen molar-refractivity contribution in [3.63, 3.8) is 0 Å².